The Labute approximate surface area is 131 Å². The minimum absolute atomic E-state index is 0. The zero-order valence-electron chi connectivity index (χ0n) is 8.47. The fraction of sp³-hybridized carbons (Fsp3) is 0.125. The maximum absolute atomic E-state index is 10.5. The van der Waals surface area contributed by atoms with Crippen LogP contribution in [0.3, 0.4) is 0 Å². The van der Waals surface area contributed by atoms with Gasteiger partial charge in [-0.25, -0.2) is 0 Å². The quantitative estimate of drug-likeness (QED) is 0.253. The van der Waals surface area contributed by atoms with Gasteiger partial charge in [-0.05, 0) is 24.3 Å². The monoisotopic (exact) mass is 255 g/mol. The van der Waals surface area contributed by atoms with Crippen LogP contribution in [0.25, 0.3) is 0 Å². The van der Waals surface area contributed by atoms with Gasteiger partial charge in [0.15, 0.2) is 0 Å². The van der Waals surface area contributed by atoms with Crippen LogP contribution < -0.4 is 57.1 Å². The predicted octanol–water partition coefficient (Wildman–Crippen LogP) is -2.36. The molecule has 0 heterocycles. The Kier molecular flexibility index (Phi) is 9.86. The zero-order valence-corrected chi connectivity index (χ0v) is 12.4. The van der Waals surface area contributed by atoms with Crippen LogP contribution in [-0.4, -0.2) is 19.3 Å². The van der Waals surface area contributed by atoms with Gasteiger partial charge >= 0.3 is 51.4 Å². The smallest absolute Gasteiger partial charge is 0.542 e. The molecule has 3 N–H and O–H groups in total. The third-order valence-corrected chi connectivity index (χ3v) is 2.05. The van der Waals surface area contributed by atoms with Crippen LogP contribution in [0.1, 0.15) is 6.92 Å². The molecule has 5 nitrogen and oxygen atoms in total. The van der Waals surface area contributed by atoms with Gasteiger partial charge in [-0.2, -0.15) is 15.3 Å². The Morgan fingerprint density at radius 3 is 1.87 bits per heavy atom. The summed E-state index contributed by atoms with van der Waals surface area (Å²) in [6.45, 7) is 1.32. The van der Waals surface area contributed by atoms with Crippen LogP contribution in [0.5, 0.6) is 0 Å². The van der Waals surface area contributed by atoms with Crippen molar-refractivity contribution in [2.45, 2.75) is 11.8 Å². The summed E-state index contributed by atoms with van der Waals surface area (Å²) in [5.74, 6) is 0. The Morgan fingerprint density at radius 1 is 1.27 bits per heavy atom. The summed E-state index contributed by atoms with van der Waals surface area (Å²) in [5.41, 5.74) is 5.75. The SMILES string of the molecule is C[C-]=O.Nc1ccc(S(=O)(=O)O)cc1.[K+]. The first kappa shape index (κ1) is 17.6. The molecular formula is C8H10KNO4S. The molecule has 0 radical (unpaired) electrons. The van der Waals surface area contributed by atoms with Crippen LogP contribution in [0.2, 0.25) is 0 Å². The molecule has 0 aliphatic rings. The summed E-state index contributed by atoms with van der Waals surface area (Å²) in [5, 5.41) is 0. The fourth-order valence-electron chi connectivity index (χ4n) is 0.640. The Balaban J connectivity index is 0. The van der Waals surface area contributed by atoms with Crippen LogP contribution in [0.15, 0.2) is 29.2 Å². The van der Waals surface area contributed by atoms with E-state index in [-0.39, 0.29) is 56.3 Å². The van der Waals surface area contributed by atoms with Crippen molar-refractivity contribution in [2.75, 3.05) is 5.73 Å². The van der Waals surface area contributed by atoms with Gasteiger partial charge in [0.25, 0.3) is 10.1 Å². The average Bonchev–Trinajstić information content (AvgIpc) is 2.04. The largest absolute Gasteiger partial charge is 1.00 e. The summed E-state index contributed by atoms with van der Waals surface area (Å²) in [6.07, 6.45) is 1.50. The predicted molar refractivity (Wildman–Crippen MR) is 52.0 cm³/mol. The number of nitrogen functional groups attached to an aromatic ring is 1. The Bertz CT molecular complexity index is 388. The first-order chi connectivity index (χ1) is 6.41. The van der Waals surface area contributed by atoms with Crippen molar-refractivity contribution in [1.29, 1.82) is 0 Å². The standard InChI is InChI=1S/C6H7NO3S.C2H3O.K/c7-5-1-3-6(4-2-5)11(8,9)10;1-2-3;/h1-4H,7H2,(H,8,9,10);1H3;/q;-1;+1. The van der Waals surface area contributed by atoms with E-state index in [0.29, 0.717) is 5.69 Å². The van der Waals surface area contributed by atoms with Crippen LogP contribution in [-0.2, 0) is 14.9 Å². The van der Waals surface area contributed by atoms with Crippen LogP contribution >= 0.6 is 0 Å². The summed E-state index contributed by atoms with van der Waals surface area (Å²) < 4.78 is 29.4. The van der Waals surface area contributed by atoms with E-state index in [1.165, 1.54) is 37.5 Å². The second kappa shape index (κ2) is 8.40. The molecule has 0 aliphatic carbocycles. The molecule has 78 valence electrons. The summed E-state index contributed by atoms with van der Waals surface area (Å²) in [6, 6.07) is 5.29. The topological polar surface area (TPSA) is 97.5 Å². The van der Waals surface area contributed by atoms with Crippen molar-refractivity contribution < 1.29 is 69.1 Å². The van der Waals surface area contributed by atoms with Gasteiger partial charge in [0, 0.05) is 5.69 Å². The summed E-state index contributed by atoms with van der Waals surface area (Å²) in [4.78, 5) is 8.53. The summed E-state index contributed by atoms with van der Waals surface area (Å²) >= 11 is 0. The van der Waals surface area contributed by atoms with E-state index in [1.54, 1.807) is 0 Å². The van der Waals surface area contributed by atoms with Crippen molar-refractivity contribution >= 4 is 22.1 Å². The molecule has 1 aromatic carbocycles. The van der Waals surface area contributed by atoms with Gasteiger partial charge in [-0.1, -0.05) is 0 Å². The zero-order chi connectivity index (χ0) is 11.2. The van der Waals surface area contributed by atoms with E-state index in [9.17, 15) is 8.42 Å². The second-order valence-corrected chi connectivity index (χ2v) is 3.67. The molecule has 0 aromatic heterocycles. The molecule has 0 fully saturated rings. The van der Waals surface area contributed by atoms with Crippen molar-refractivity contribution in [3.05, 3.63) is 24.3 Å². The molecule has 0 spiro atoms. The molecule has 0 aliphatic heterocycles. The number of anilines is 1. The Morgan fingerprint density at radius 2 is 1.60 bits per heavy atom. The number of carbonyl (C=O) groups excluding carboxylic acids is 1. The maximum atomic E-state index is 10.5. The molecule has 15 heavy (non-hydrogen) atoms. The van der Waals surface area contributed by atoms with Crippen LogP contribution in [0.4, 0.5) is 5.69 Å². The number of hydrogen-bond acceptors (Lipinski definition) is 4. The maximum Gasteiger partial charge on any atom is 1.00 e. The van der Waals surface area contributed by atoms with Crippen molar-refractivity contribution in [3.63, 3.8) is 0 Å². The number of nitrogens with two attached hydrogens (primary N) is 1. The number of benzene rings is 1. The molecule has 7 heteroatoms. The van der Waals surface area contributed by atoms with Crippen molar-refractivity contribution in [2.24, 2.45) is 0 Å². The molecule has 0 unspecified atom stereocenters. The van der Waals surface area contributed by atoms with Gasteiger partial charge in [0.05, 0.1) is 4.90 Å². The third-order valence-electron chi connectivity index (χ3n) is 1.18. The molecular weight excluding hydrogens is 245 g/mol. The van der Waals surface area contributed by atoms with Gasteiger partial charge in [-0.15, -0.1) is 0 Å². The van der Waals surface area contributed by atoms with Gasteiger partial charge < -0.3 is 10.5 Å². The van der Waals surface area contributed by atoms with Gasteiger partial charge in [0.2, 0.25) is 0 Å². The van der Waals surface area contributed by atoms with E-state index < -0.39 is 10.1 Å². The van der Waals surface area contributed by atoms with E-state index in [0.717, 1.165) is 0 Å². The van der Waals surface area contributed by atoms with Crippen LogP contribution in [0, 0.1) is 0 Å². The van der Waals surface area contributed by atoms with Crippen molar-refractivity contribution in [3.8, 4) is 0 Å². The van der Waals surface area contributed by atoms with E-state index in [1.807, 2.05) is 0 Å². The fourth-order valence-corrected chi connectivity index (χ4v) is 1.12. The first-order valence-corrected chi connectivity index (χ1v) is 4.97. The summed E-state index contributed by atoms with van der Waals surface area (Å²) in [7, 11) is -4.08. The van der Waals surface area contributed by atoms with Gasteiger partial charge in [-0.3, -0.25) is 10.8 Å². The normalized spacial score (nSPS) is 9.20. The second-order valence-electron chi connectivity index (χ2n) is 2.25. The third kappa shape index (κ3) is 8.09. The number of rotatable bonds is 1. The van der Waals surface area contributed by atoms with E-state index in [2.05, 4.69) is 0 Å². The van der Waals surface area contributed by atoms with E-state index >= 15 is 0 Å². The molecule has 0 saturated heterocycles. The molecule has 1 aromatic rings. The Hall–Kier alpha value is 0.236. The van der Waals surface area contributed by atoms with Crippen molar-refractivity contribution in [1.82, 2.24) is 0 Å². The van der Waals surface area contributed by atoms with Gasteiger partial charge in [0.1, 0.15) is 0 Å². The van der Waals surface area contributed by atoms with E-state index in [4.69, 9.17) is 15.1 Å². The minimum atomic E-state index is -4.08. The molecule has 0 bridgehead atoms. The molecule has 0 saturated carbocycles. The molecule has 0 amide bonds. The average molecular weight is 255 g/mol. The molecule has 0 atom stereocenters. The minimum Gasteiger partial charge on any atom is -0.542 e. The number of hydrogen-bond donors (Lipinski definition) is 2. The molecule has 1 rings (SSSR count). The first-order valence-electron chi connectivity index (χ1n) is 3.53.